The summed E-state index contributed by atoms with van der Waals surface area (Å²) in [5, 5.41) is 2.96. The Kier molecular flexibility index (Phi) is 4.72. The summed E-state index contributed by atoms with van der Waals surface area (Å²) in [4.78, 5) is 10.0. The lowest BCUT2D eigenvalue weighted by atomic mass is 9.86. The molecule has 1 heterocycles. The third-order valence-electron chi connectivity index (χ3n) is 3.26. The van der Waals surface area contributed by atoms with Gasteiger partial charge in [-0.15, -0.1) is 0 Å². The first kappa shape index (κ1) is 16.4. The van der Waals surface area contributed by atoms with Gasteiger partial charge in [-0.1, -0.05) is 12.2 Å². The third kappa shape index (κ3) is 3.63. The van der Waals surface area contributed by atoms with Crippen molar-refractivity contribution in [2.75, 3.05) is 23.8 Å². The van der Waals surface area contributed by atoms with Crippen LogP contribution < -0.4 is 10.2 Å². The second kappa shape index (κ2) is 6.04. The molecule has 1 N–H and O–H groups in total. The Morgan fingerprint density at radius 2 is 2.14 bits per heavy atom. The molecule has 1 aromatic heterocycles. The number of alkyl halides is 2. The summed E-state index contributed by atoms with van der Waals surface area (Å²) in [5.74, 6) is -1.58. The molecule has 0 spiro atoms. The van der Waals surface area contributed by atoms with E-state index >= 15 is 0 Å². The summed E-state index contributed by atoms with van der Waals surface area (Å²) < 4.78 is 27.0. The van der Waals surface area contributed by atoms with Gasteiger partial charge in [-0.2, -0.15) is 9.97 Å². The van der Waals surface area contributed by atoms with Crippen LogP contribution in [0.1, 0.15) is 19.8 Å². The molecular weight excluding hydrogens is 366 g/mol. The molecule has 0 bridgehead atoms. The van der Waals surface area contributed by atoms with Gasteiger partial charge in [0, 0.05) is 32.5 Å². The predicted octanol–water partition coefficient (Wildman–Crippen LogP) is 4.11. The average Bonchev–Trinajstić information content (AvgIpc) is 2.35. The second-order valence-corrected chi connectivity index (χ2v) is 6.36. The highest BCUT2D eigenvalue weighted by atomic mass is 79.9. The van der Waals surface area contributed by atoms with Crippen molar-refractivity contribution in [2.24, 2.45) is 0 Å². The molecule has 0 aromatic carbocycles. The number of nitrogens with one attached hydrogen (secondary N) is 1. The van der Waals surface area contributed by atoms with E-state index in [0.29, 0.717) is 22.7 Å². The van der Waals surface area contributed by atoms with E-state index in [1.165, 1.54) is 0 Å². The minimum absolute atomic E-state index is 0.0651. The van der Waals surface area contributed by atoms with Crippen LogP contribution in [-0.4, -0.2) is 35.5 Å². The van der Waals surface area contributed by atoms with E-state index < -0.39 is 5.92 Å². The predicted molar refractivity (Wildman–Crippen MR) is 84.4 cm³/mol. The molecule has 8 heteroatoms. The van der Waals surface area contributed by atoms with Gasteiger partial charge in [0.2, 0.25) is 5.28 Å². The highest BCUT2D eigenvalue weighted by Gasteiger charge is 2.48. The van der Waals surface area contributed by atoms with Crippen molar-refractivity contribution in [1.29, 1.82) is 0 Å². The van der Waals surface area contributed by atoms with Gasteiger partial charge in [0.1, 0.15) is 10.3 Å². The van der Waals surface area contributed by atoms with Crippen LogP contribution in [0.2, 0.25) is 5.28 Å². The number of anilines is 2. The maximum absolute atomic E-state index is 13.2. The van der Waals surface area contributed by atoms with Gasteiger partial charge in [0.25, 0.3) is 5.92 Å². The van der Waals surface area contributed by atoms with Crippen LogP contribution in [0, 0.1) is 0 Å². The van der Waals surface area contributed by atoms with Gasteiger partial charge in [-0.25, -0.2) is 8.78 Å². The minimum atomic E-state index is -2.60. The zero-order chi connectivity index (χ0) is 15.8. The molecule has 0 amide bonds. The fraction of sp³-hybridized carbons (Fsp3) is 0.538. The summed E-state index contributed by atoms with van der Waals surface area (Å²) in [6.45, 7) is 6.14. The molecule has 1 fully saturated rings. The Morgan fingerprint density at radius 1 is 1.52 bits per heavy atom. The molecule has 2 rings (SSSR count). The van der Waals surface area contributed by atoms with E-state index in [1.54, 1.807) is 11.9 Å². The molecule has 0 atom stereocenters. The van der Waals surface area contributed by atoms with Crippen molar-refractivity contribution in [3.05, 3.63) is 21.9 Å². The zero-order valence-electron chi connectivity index (χ0n) is 11.8. The molecule has 0 saturated heterocycles. The van der Waals surface area contributed by atoms with Gasteiger partial charge < -0.3 is 10.2 Å². The van der Waals surface area contributed by atoms with Crippen molar-refractivity contribution >= 4 is 39.2 Å². The van der Waals surface area contributed by atoms with Crippen LogP contribution >= 0.6 is 27.5 Å². The van der Waals surface area contributed by atoms with Crippen LogP contribution in [-0.2, 0) is 0 Å². The first-order chi connectivity index (χ1) is 9.73. The van der Waals surface area contributed by atoms with Crippen molar-refractivity contribution in [1.82, 2.24) is 9.97 Å². The highest BCUT2D eigenvalue weighted by Crippen LogP contribution is 2.44. The normalized spacial score (nSPS) is 17.2. The van der Waals surface area contributed by atoms with Gasteiger partial charge >= 0.3 is 0 Å². The molecule has 1 aromatic rings. The lowest BCUT2D eigenvalue weighted by Gasteiger charge is -2.43. The Hall–Kier alpha value is -0.950. The number of halogens is 4. The SMILES string of the molecule is C=C(C)CN(c1nc(Cl)nc(NC)c1Br)C1CC(F)(F)C1. The minimum Gasteiger partial charge on any atom is -0.372 e. The maximum Gasteiger partial charge on any atom is 0.252 e. The van der Waals surface area contributed by atoms with Gasteiger partial charge in [0.05, 0.1) is 0 Å². The Balaban J connectivity index is 2.37. The van der Waals surface area contributed by atoms with Crippen LogP contribution in [0.5, 0.6) is 0 Å². The van der Waals surface area contributed by atoms with Gasteiger partial charge in [0.15, 0.2) is 5.82 Å². The van der Waals surface area contributed by atoms with E-state index in [-0.39, 0.29) is 24.2 Å². The summed E-state index contributed by atoms with van der Waals surface area (Å²) >= 11 is 9.33. The molecular formula is C13H16BrClF2N4. The summed E-state index contributed by atoms with van der Waals surface area (Å²) in [6, 6.07) is -0.288. The van der Waals surface area contributed by atoms with Gasteiger partial charge in [-0.3, -0.25) is 0 Å². The van der Waals surface area contributed by atoms with E-state index in [4.69, 9.17) is 11.6 Å². The molecule has 1 aliphatic carbocycles. The van der Waals surface area contributed by atoms with E-state index in [9.17, 15) is 8.78 Å². The Labute approximate surface area is 135 Å². The molecule has 0 aliphatic heterocycles. The fourth-order valence-electron chi connectivity index (χ4n) is 2.28. The molecule has 116 valence electrons. The lowest BCUT2D eigenvalue weighted by Crippen LogP contribution is -2.52. The third-order valence-corrected chi connectivity index (χ3v) is 4.16. The van der Waals surface area contributed by atoms with E-state index in [0.717, 1.165) is 5.57 Å². The van der Waals surface area contributed by atoms with Crippen LogP contribution in [0.25, 0.3) is 0 Å². The first-order valence-corrected chi connectivity index (χ1v) is 7.60. The number of hydrogen-bond acceptors (Lipinski definition) is 4. The number of hydrogen-bond donors (Lipinski definition) is 1. The smallest absolute Gasteiger partial charge is 0.252 e. The molecule has 4 nitrogen and oxygen atoms in total. The van der Waals surface area contributed by atoms with Crippen molar-refractivity contribution < 1.29 is 8.78 Å². The van der Waals surface area contributed by atoms with Crippen LogP contribution in [0.15, 0.2) is 16.6 Å². The first-order valence-electron chi connectivity index (χ1n) is 6.43. The molecule has 1 saturated carbocycles. The highest BCUT2D eigenvalue weighted by molar-refractivity contribution is 9.10. The maximum atomic E-state index is 13.2. The fourth-order valence-corrected chi connectivity index (χ4v) is 3.05. The van der Waals surface area contributed by atoms with Crippen molar-refractivity contribution in [2.45, 2.75) is 31.7 Å². The largest absolute Gasteiger partial charge is 0.372 e. The summed E-state index contributed by atoms with van der Waals surface area (Å²) in [7, 11) is 1.70. The van der Waals surface area contributed by atoms with E-state index in [2.05, 4.69) is 37.8 Å². The average molecular weight is 382 g/mol. The summed E-state index contributed by atoms with van der Waals surface area (Å²) in [5.41, 5.74) is 0.859. The second-order valence-electron chi connectivity index (χ2n) is 5.23. The molecule has 0 unspecified atom stereocenters. The zero-order valence-corrected chi connectivity index (χ0v) is 14.1. The standard InChI is InChI=1S/C13H16BrClF2N4/c1-7(2)6-21(8-4-13(16,17)5-8)11-9(14)10(18-3)19-12(15)20-11/h8H,1,4-6H2,2-3H3,(H,18,19,20). The summed E-state index contributed by atoms with van der Waals surface area (Å²) in [6.07, 6.45) is -0.382. The van der Waals surface area contributed by atoms with Crippen LogP contribution in [0.4, 0.5) is 20.4 Å². The lowest BCUT2D eigenvalue weighted by molar-refractivity contribution is -0.0856. The monoisotopic (exact) mass is 380 g/mol. The van der Waals surface area contributed by atoms with Gasteiger partial charge in [-0.05, 0) is 34.5 Å². The van der Waals surface area contributed by atoms with Crippen LogP contribution in [0.3, 0.4) is 0 Å². The number of aromatic nitrogens is 2. The molecule has 0 radical (unpaired) electrons. The quantitative estimate of drug-likeness (QED) is 0.615. The molecule has 1 aliphatic rings. The number of nitrogens with zero attached hydrogens (tertiary/aromatic N) is 3. The van der Waals surface area contributed by atoms with Crippen molar-refractivity contribution in [3.63, 3.8) is 0 Å². The van der Waals surface area contributed by atoms with E-state index in [1.807, 2.05) is 6.92 Å². The Morgan fingerprint density at radius 3 is 2.62 bits per heavy atom. The molecule has 21 heavy (non-hydrogen) atoms. The Bertz CT molecular complexity index is 559. The van der Waals surface area contributed by atoms with Crippen molar-refractivity contribution in [3.8, 4) is 0 Å². The topological polar surface area (TPSA) is 41.1 Å². The number of rotatable bonds is 5.